The average molecular weight is 276 g/mol. The van der Waals surface area contributed by atoms with Crippen molar-refractivity contribution in [1.29, 1.82) is 0 Å². The van der Waals surface area contributed by atoms with Crippen molar-refractivity contribution in [1.82, 2.24) is 0 Å². The number of ether oxygens (including phenoxy) is 2. The maximum absolute atomic E-state index is 12.8. The summed E-state index contributed by atoms with van der Waals surface area (Å²) in [7, 11) is 1.36. The minimum Gasteiger partial charge on any atom is -0.496 e. The number of fused-ring (bicyclic) bond motifs is 1. The van der Waals surface area contributed by atoms with Gasteiger partial charge in [-0.25, -0.2) is 0 Å². The van der Waals surface area contributed by atoms with Crippen molar-refractivity contribution in [2.45, 2.75) is 18.7 Å². The van der Waals surface area contributed by atoms with Gasteiger partial charge in [0.05, 0.1) is 7.11 Å². The molecule has 0 saturated carbocycles. The number of carboxylic acids is 1. The molecule has 2 rings (SSSR count). The summed E-state index contributed by atoms with van der Waals surface area (Å²) in [6.07, 6.45) is -7.35. The van der Waals surface area contributed by atoms with E-state index in [2.05, 4.69) is 0 Å². The molecule has 2 atom stereocenters. The monoisotopic (exact) mass is 276 g/mol. The molecular weight excluding hydrogens is 265 g/mol. The normalized spacial score (nSPS) is 22.3. The van der Waals surface area contributed by atoms with Crippen molar-refractivity contribution in [3.63, 3.8) is 0 Å². The summed E-state index contributed by atoms with van der Waals surface area (Å²) in [5.41, 5.74) is 0.345. The van der Waals surface area contributed by atoms with Crippen LogP contribution in [0.4, 0.5) is 13.2 Å². The first-order chi connectivity index (χ1) is 8.84. The third-order valence-corrected chi connectivity index (χ3v) is 2.99. The van der Waals surface area contributed by atoms with Crippen LogP contribution in [0.25, 0.3) is 0 Å². The lowest BCUT2D eigenvalue weighted by molar-refractivity contribution is -0.217. The van der Waals surface area contributed by atoms with Gasteiger partial charge in [-0.3, -0.25) is 4.79 Å². The molecule has 1 aliphatic heterocycles. The van der Waals surface area contributed by atoms with Crippen LogP contribution in [0, 0.1) is 5.92 Å². The summed E-state index contributed by atoms with van der Waals surface area (Å²) >= 11 is 0. The van der Waals surface area contributed by atoms with Crippen molar-refractivity contribution < 1.29 is 32.5 Å². The standard InChI is InChI=1S/C12H11F3O4/c1-18-8-3-2-4-9-6(8)5-7(11(16)17)10(19-9)12(13,14)15/h2-4,7,10H,5H2,1H3,(H,16,17)/t7-,10+/m1/s1. The number of benzene rings is 1. The first-order valence-corrected chi connectivity index (χ1v) is 5.46. The van der Waals surface area contributed by atoms with Crippen molar-refractivity contribution in [2.24, 2.45) is 5.92 Å². The van der Waals surface area contributed by atoms with Gasteiger partial charge in [-0.15, -0.1) is 0 Å². The van der Waals surface area contributed by atoms with E-state index in [1.54, 1.807) is 6.07 Å². The predicted octanol–water partition coefficient (Wildman–Crippen LogP) is 2.26. The molecule has 0 spiro atoms. The molecule has 0 saturated heterocycles. The maximum Gasteiger partial charge on any atom is 0.426 e. The van der Waals surface area contributed by atoms with Gasteiger partial charge in [-0.05, 0) is 18.6 Å². The summed E-state index contributed by atoms with van der Waals surface area (Å²) < 4.78 is 48.3. The minimum absolute atomic E-state index is 0.0131. The molecule has 0 radical (unpaired) electrons. The number of aliphatic carboxylic acids is 1. The average Bonchev–Trinajstić information content (AvgIpc) is 2.35. The van der Waals surface area contributed by atoms with E-state index in [0.717, 1.165) is 0 Å². The fourth-order valence-corrected chi connectivity index (χ4v) is 2.11. The number of methoxy groups -OCH3 is 1. The Morgan fingerprint density at radius 3 is 2.68 bits per heavy atom. The highest BCUT2D eigenvalue weighted by atomic mass is 19.4. The SMILES string of the molecule is COc1cccc2c1C[C@@H](C(=O)O)[C@@H](C(F)(F)F)O2. The molecule has 1 N–H and O–H groups in total. The second kappa shape index (κ2) is 4.64. The van der Waals surface area contributed by atoms with Crippen LogP contribution in [0.3, 0.4) is 0 Å². The molecule has 1 heterocycles. The Bertz CT molecular complexity index is 498. The van der Waals surface area contributed by atoms with Gasteiger partial charge in [0, 0.05) is 5.56 Å². The Hall–Kier alpha value is -1.92. The fraction of sp³-hybridized carbons (Fsp3) is 0.417. The smallest absolute Gasteiger partial charge is 0.426 e. The number of carboxylic acid groups (broad SMARTS) is 1. The van der Waals surface area contributed by atoms with Crippen LogP contribution in [0.1, 0.15) is 5.56 Å². The van der Waals surface area contributed by atoms with Gasteiger partial charge in [0.15, 0.2) is 0 Å². The molecule has 0 amide bonds. The lowest BCUT2D eigenvalue weighted by atomic mass is 9.89. The first kappa shape index (κ1) is 13.5. The maximum atomic E-state index is 12.8. The lowest BCUT2D eigenvalue weighted by Gasteiger charge is -2.33. The Kier molecular flexibility index (Phi) is 3.30. The number of carbonyl (C=O) groups is 1. The molecule has 1 aliphatic rings. The number of hydrogen-bond acceptors (Lipinski definition) is 3. The quantitative estimate of drug-likeness (QED) is 0.900. The Balaban J connectivity index is 2.45. The van der Waals surface area contributed by atoms with E-state index in [-0.39, 0.29) is 12.2 Å². The van der Waals surface area contributed by atoms with E-state index in [4.69, 9.17) is 14.6 Å². The molecule has 0 unspecified atom stereocenters. The highest BCUT2D eigenvalue weighted by molar-refractivity contribution is 5.72. The Morgan fingerprint density at radius 1 is 1.47 bits per heavy atom. The molecule has 1 aromatic rings. The van der Waals surface area contributed by atoms with Crippen molar-refractivity contribution in [3.05, 3.63) is 23.8 Å². The summed E-state index contributed by atoms with van der Waals surface area (Å²) in [5, 5.41) is 8.94. The Labute approximate surface area is 106 Å². The van der Waals surface area contributed by atoms with E-state index in [0.29, 0.717) is 11.3 Å². The van der Waals surface area contributed by atoms with Crippen LogP contribution in [-0.2, 0) is 11.2 Å². The zero-order valence-electron chi connectivity index (χ0n) is 9.90. The van der Waals surface area contributed by atoms with Crippen LogP contribution >= 0.6 is 0 Å². The highest BCUT2D eigenvalue weighted by Gasteiger charge is 2.52. The minimum atomic E-state index is -4.73. The zero-order chi connectivity index (χ0) is 14.2. The van der Waals surface area contributed by atoms with Crippen LogP contribution in [0.5, 0.6) is 11.5 Å². The van der Waals surface area contributed by atoms with Crippen molar-refractivity contribution >= 4 is 5.97 Å². The van der Waals surface area contributed by atoms with E-state index >= 15 is 0 Å². The van der Waals surface area contributed by atoms with Crippen molar-refractivity contribution in [3.8, 4) is 11.5 Å². The van der Waals surface area contributed by atoms with E-state index in [9.17, 15) is 18.0 Å². The van der Waals surface area contributed by atoms with Gasteiger partial charge in [-0.2, -0.15) is 13.2 Å². The van der Waals surface area contributed by atoms with Gasteiger partial charge in [0.2, 0.25) is 6.10 Å². The summed E-state index contributed by atoms with van der Waals surface area (Å²) in [5.74, 6) is -2.88. The largest absolute Gasteiger partial charge is 0.496 e. The topological polar surface area (TPSA) is 55.8 Å². The molecule has 0 bridgehead atoms. The number of rotatable bonds is 2. The summed E-state index contributed by atoms with van der Waals surface area (Å²) in [6, 6.07) is 4.41. The molecule has 0 fully saturated rings. The van der Waals surface area contributed by atoms with Crippen molar-refractivity contribution in [2.75, 3.05) is 7.11 Å². The van der Waals surface area contributed by atoms with E-state index < -0.39 is 24.2 Å². The second-order valence-corrected chi connectivity index (χ2v) is 4.17. The van der Waals surface area contributed by atoms with Gasteiger partial charge < -0.3 is 14.6 Å². The molecule has 19 heavy (non-hydrogen) atoms. The summed E-state index contributed by atoms with van der Waals surface area (Å²) in [6.45, 7) is 0. The Morgan fingerprint density at radius 2 is 2.16 bits per heavy atom. The van der Waals surface area contributed by atoms with Crippen LogP contribution in [-0.4, -0.2) is 30.5 Å². The predicted molar refractivity (Wildman–Crippen MR) is 58.3 cm³/mol. The zero-order valence-corrected chi connectivity index (χ0v) is 9.90. The van der Waals surface area contributed by atoms with Crippen LogP contribution in [0.15, 0.2) is 18.2 Å². The lowest BCUT2D eigenvalue weighted by Crippen LogP contribution is -2.47. The first-order valence-electron chi connectivity index (χ1n) is 5.46. The molecule has 4 nitrogen and oxygen atoms in total. The van der Waals surface area contributed by atoms with Gasteiger partial charge in [0.1, 0.15) is 17.4 Å². The van der Waals surface area contributed by atoms with Gasteiger partial charge >= 0.3 is 12.1 Å². The molecule has 7 heteroatoms. The highest BCUT2D eigenvalue weighted by Crippen LogP contribution is 2.41. The third-order valence-electron chi connectivity index (χ3n) is 2.99. The summed E-state index contributed by atoms with van der Waals surface area (Å²) in [4.78, 5) is 11.0. The van der Waals surface area contributed by atoms with Gasteiger partial charge in [0.25, 0.3) is 0 Å². The number of halogens is 3. The molecule has 1 aromatic carbocycles. The van der Waals surface area contributed by atoms with E-state index in [1.165, 1.54) is 19.2 Å². The molecule has 0 aliphatic carbocycles. The second-order valence-electron chi connectivity index (χ2n) is 4.17. The molecular formula is C12H11F3O4. The molecule has 0 aromatic heterocycles. The van der Waals surface area contributed by atoms with Gasteiger partial charge in [-0.1, -0.05) is 6.07 Å². The fourth-order valence-electron chi connectivity index (χ4n) is 2.11. The number of hydrogen-bond donors (Lipinski definition) is 1. The number of alkyl halides is 3. The van der Waals surface area contributed by atoms with Crippen LogP contribution < -0.4 is 9.47 Å². The van der Waals surface area contributed by atoms with E-state index in [1.807, 2.05) is 0 Å². The van der Waals surface area contributed by atoms with Crippen LogP contribution in [0.2, 0.25) is 0 Å². The molecule has 104 valence electrons. The third kappa shape index (κ3) is 2.45.